The maximum Gasteiger partial charge on any atom is 0.120 e. The van der Waals surface area contributed by atoms with E-state index in [1.54, 1.807) is 7.11 Å². The quantitative estimate of drug-likeness (QED) is 0.657. The van der Waals surface area contributed by atoms with Crippen molar-refractivity contribution < 1.29 is 4.74 Å². The highest BCUT2D eigenvalue weighted by molar-refractivity contribution is 7.80. The molecule has 1 aliphatic rings. The van der Waals surface area contributed by atoms with E-state index in [-0.39, 0.29) is 0 Å². The van der Waals surface area contributed by atoms with E-state index in [0.717, 1.165) is 44.2 Å². The van der Waals surface area contributed by atoms with E-state index in [0.29, 0.717) is 0 Å². The highest BCUT2D eigenvalue weighted by Gasteiger charge is 2.16. The van der Waals surface area contributed by atoms with Crippen LogP contribution in [0.15, 0.2) is 36.4 Å². The normalized spacial score (nSPS) is 17.1. The van der Waals surface area contributed by atoms with E-state index in [1.807, 2.05) is 6.07 Å². The number of piperazine rings is 1. The number of hydrogen-bond acceptors (Lipinski definition) is 4. The van der Waals surface area contributed by atoms with Crippen LogP contribution in [0.4, 0.5) is 5.69 Å². The predicted molar refractivity (Wildman–Crippen MR) is 84.6 cm³/mol. The highest BCUT2D eigenvalue weighted by atomic mass is 32.1. The zero-order chi connectivity index (χ0) is 13.5. The molecule has 0 saturated carbocycles. The minimum Gasteiger partial charge on any atom is -0.497 e. The van der Waals surface area contributed by atoms with Crippen LogP contribution in [0.3, 0.4) is 0 Å². The fourth-order valence-electron chi connectivity index (χ4n) is 2.29. The third-order valence-corrected chi connectivity index (χ3v) is 3.64. The lowest BCUT2D eigenvalue weighted by Crippen LogP contribution is -2.46. The molecule has 4 heteroatoms. The third kappa shape index (κ3) is 4.18. The molecule has 2 rings (SSSR count). The Kier molecular flexibility index (Phi) is 5.61. The van der Waals surface area contributed by atoms with Crippen LogP contribution >= 0.6 is 12.6 Å². The Morgan fingerprint density at radius 2 is 2.00 bits per heavy atom. The van der Waals surface area contributed by atoms with Crippen LogP contribution in [0.5, 0.6) is 5.75 Å². The Morgan fingerprint density at radius 3 is 2.68 bits per heavy atom. The van der Waals surface area contributed by atoms with Gasteiger partial charge in [-0.25, -0.2) is 0 Å². The van der Waals surface area contributed by atoms with Gasteiger partial charge in [-0.15, -0.1) is 0 Å². The molecule has 3 nitrogen and oxygen atoms in total. The zero-order valence-corrected chi connectivity index (χ0v) is 12.4. The molecule has 0 radical (unpaired) electrons. The predicted octanol–water partition coefficient (Wildman–Crippen LogP) is 2.30. The summed E-state index contributed by atoms with van der Waals surface area (Å²) in [5.41, 5.74) is 1.25. The van der Waals surface area contributed by atoms with Crippen LogP contribution in [0.1, 0.15) is 0 Å². The Labute approximate surface area is 121 Å². The smallest absolute Gasteiger partial charge is 0.120 e. The number of hydrogen-bond donors (Lipinski definition) is 1. The molecule has 1 aromatic rings. The molecule has 1 fully saturated rings. The summed E-state index contributed by atoms with van der Waals surface area (Å²) < 4.78 is 5.28. The molecule has 1 heterocycles. The van der Waals surface area contributed by atoms with Crippen LogP contribution in [-0.2, 0) is 0 Å². The fraction of sp³-hybridized carbons (Fsp3) is 0.467. The summed E-state index contributed by atoms with van der Waals surface area (Å²) in [7, 11) is 1.71. The van der Waals surface area contributed by atoms with Crippen LogP contribution in [0.25, 0.3) is 0 Å². The van der Waals surface area contributed by atoms with Crippen molar-refractivity contribution in [3.05, 3.63) is 36.4 Å². The molecule has 0 aromatic heterocycles. The van der Waals surface area contributed by atoms with Gasteiger partial charge in [0.25, 0.3) is 0 Å². The summed E-state index contributed by atoms with van der Waals surface area (Å²) in [4.78, 5) is 4.89. The summed E-state index contributed by atoms with van der Waals surface area (Å²) in [5, 5.41) is 0. The first-order valence-corrected chi connectivity index (χ1v) is 7.34. The Hall–Kier alpha value is -1.13. The van der Waals surface area contributed by atoms with Crippen LogP contribution in [0.2, 0.25) is 0 Å². The van der Waals surface area contributed by atoms with Gasteiger partial charge in [-0.05, 0) is 12.1 Å². The molecule has 0 aliphatic carbocycles. The van der Waals surface area contributed by atoms with Crippen molar-refractivity contribution in [2.45, 2.75) is 0 Å². The standard InChI is InChI=1S/C15H22N2OS/c1-18-15-6-4-5-14(13-15)17-10-8-16(9-11-17)7-2-3-12-19/h2-6,13,19H,7-12H2,1H3. The van der Waals surface area contributed by atoms with Crippen LogP contribution in [-0.4, -0.2) is 50.5 Å². The average Bonchev–Trinajstić information content (AvgIpc) is 2.48. The monoisotopic (exact) mass is 278 g/mol. The number of thiol groups is 1. The van der Waals surface area contributed by atoms with Crippen molar-refractivity contribution >= 4 is 18.3 Å². The first-order chi connectivity index (χ1) is 9.33. The van der Waals surface area contributed by atoms with Gasteiger partial charge in [0, 0.05) is 50.2 Å². The van der Waals surface area contributed by atoms with E-state index < -0.39 is 0 Å². The summed E-state index contributed by atoms with van der Waals surface area (Å²) in [5.74, 6) is 1.75. The lowest BCUT2D eigenvalue weighted by atomic mass is 10.2. The van der Waals surface area contributed by atoms with E-state index in [9.17, 15) is 0 Å². The Bertz CT molecular complexity index is 414. The minimum atomic E-state index is 0.823. The van der Waals surface area contributed by atoms with Gasteiger partial charge in [-0.2, -0.15) is 12.6 Å². The van der Waals surface area contributed by atoms with Crippen molar-refractivity contribution in [3.8, 4) is 5.75 Å². The third-order valence-electron chi connectivity index (χ3n) is 3.43. The molecule has 0 bridgehead atoms. The molecule has 0 atom stereocenters. The number of nitrogens with zero attached hydrogens (tertiary/aromatic N) is 2. The van der Waals surface area contributed by atoms with Gasteiger partial charge in [0.05, 0.1) is 7.11 Å². The van der Waals surface area contributed by atoms with Crippen molar-refractivity contribution in [2.24, 2.45) is 0 Å². The molecular formula is C15H22N2OS. The van der Waals surface area contributed by atoms with E-state index in [1.165, 1.54) is 5.69 Å². The molecule has 0 amide bonds. The lowest BCUT2D eigenvalue weighted by molar-refractivity contribution is 0.284. The minimum absolute atomic E-state index is 0.823. The Morgan fingerprint density at radius 1 is 1.21 bits per heavy atom. The zero-order valence-electron chi connectivity index (χ0n) is 11.5. The number of benzene rings is 1. The lowest BCUT2D eigenvalue weighted by Gasteiger charge is -2.35. The molecule has 1 aromatic carbocycles. The average molecular weight is 278 g/mol. The van der Waals surface area contributed by atoms with Crippen LogP contribution < -0.4 is 9.64 Å². The van der Waals surface area contributed by atoms with E-state index in [2.05, 4.69) is 52.8 Å². The molecule has 1 saturated heterocycles. The number of anilines is 1. The summed E-state index contributed by atoms with van der Waals surface area (Å²) in [6, 6.07) is 8.30. The van der Waals surface area contributed by atoms with Gasteiger partial charge in [-0.3, -0.25) is 4.90 Å². The molecule has 0 unspecified atom stereocenters. The molecule has 19 heavy (non-hydrogen) atoms. The van der Waals surface area contributed by atoms with Gasteiger partial charge in [-0.1, -0.05) is 18.2 Å². The van der Waals surface area contributed by atoms with Crippen molar-refractivity contribution in [1.82, 2.24) is 4.90 Å². The first kappa shape index (κ1) is 14.3. The van der Waals surface area contributed by atoms with Gasteiger partial charge in [0.2, 0.25) is 0 Å². The fourth-order valence-corrected chi connectivity index (χ4v) is 2.44. The van der Waals surface area contributed by atoms with Crippen molar-refractivity contribution in [3.63, 3.8) is 0 Å². The number of methoxy groups -OCH3 is 1. The SMILES string of the molecule is COc1cccc(N2CCN(CC=CCS)CC2)c1. The summed E-state index contributed by atoms with van der Waals surface area (Å²) >= 11 is 4.17. The molecular weight excluding hydrogens is 256 g/mol. The summed E-state index contributed by atoms with van der Waals surface area (Å²) in [6.07, 6.45) is 4.31. The van der Waals surface area contributed by atoms with Gasteiger partial charge >= 0.3 is 0 Å². The second-order valence-electron chi connectivity index (χ2n) is 4.64. The molecule has 0 spiro atoms. The van der Waals surface area contributed by atoms with Crippen molar-refractivity contribution in [2.75, 3.05) is 50.5 Å². The van der Waals surface area contributed by atoms with Crippen LogP contribution in [0, 0.1) is 0 Å². The van der Waals surface area contributed by atoms with E-state index in [4.69, 9.17) is 4.74 Å². The highest BCUT2D eigenvalue weighted by Crippen LogP contribution is 2.21. The maximum absolute atomic E-state index is 5.28. The molecule has 0 N–H and O–H groups in total. The Balaban J connectivity index is 1.87. The van der Waals surface area contributed by atoms with Crippen molar-refractivity contribution in [1.29, 1.82) is 0 Å². The summed E-state index contributed by atoms with van der Waals surface area (Å²) in [6.45, 7) is 5.39. The van der Waals surface area contributed by atoms with Gasteiger partial charge < -0.3 is 9.64 Å². The molecule has 1 aliphatic heterocycles. The van der Waals surface area contributed by atoms with Gasteiger partial charge in [0.1, 0.15) is 5.75 Å². The van der Waals surface area contributed by atoms with Gasteiger partial charge in [0.15, 0.2) is 0 Å². The largest absolute Gasteiger partial charge is 0.497 e. The topological polar surface area (TPSA) is 15.7 Å². The maximum atomic E-state index is 5.28. The number of rotatable bonds is 5. The first-order valence-electron chi connectivity index (χ1n) is 6.70. The second kappa shape index (κ2) is 7.46. The van der Waals surface area contributed by atoms with E-state index >= 15 is 0 Å². The molecule has 104 valence electrons. The second-order valence-corrected chi connectivity index (χ2v) is 5.01. The number of ether oxygens (including phenoxy) is 1.